The molecule has 13 heteroatoms. The number of nitrogens with one attached hydrogen (secondary N) is 1. The topological polar surface area (TPSA) is 113 Å². The van der Waals surface area contributed by atoms with E-state index >= 15 is 0 Å². The monoisotopic (exact) mass is 424 g/mol. The molecule has 0 rings (SSSR count). The second kappa shape index (κ2) is 14.3. The van der Waals surface area contributed by atoms with Gasteiger partial charge in [0.1, 0.15) is 23.7 Å². The number of hydrogen-bond donors (Lipinski definition) is 4. The van der Waals surface area contributed by atoms with Crippen LogP contribution >= 0.6 is 25.9 Å². The number of rotatable bonds is 8. The summed E-state index contributed by atoms with van der Waals surface area (Å²) in [5, 5.41) is 19.6. The van der Waals surface area contributed by atoms with E-state index < -0.39 is 47.6 Å². The number of carbonyl (C=O) groups is 2. The van der Waals surface area contributed by atoms with Crippen LogP contribution in [-0.2, 0) is 20.5 Å². The molecule has 0 fully saturated rings. The summed E-state index contributed by atoms with van der Waals surface area (Å²) in [5.41, 5.74) is 5.30. The van der Waals surface area contributed by atoms with Crippen molar-refractivity contribution in [2.24, 2.45) is 5.73 Å². The third-order valence-corrected chi connectivity index (χ3v) is 4.21. The average molecular weight is 425 g/mol. The highest BCUT2D eigenvalue weighted by molar-refractivity contribution is 7.96. The molecule has 0 bridgehead atoms. The third kappa shape index (κ3) is 15.2. The van der Waals surface area contributed by atoms with Crippen LogP contribution in [-0.4, -0.2) is 64.7 Å². The van der Waals surface area contributed by atoms with Crippen LogP contribution in [0.3, 0.4) is 0 Å². The number of aliphatic carboxylic acids is 1. The summed E-state index contributed by atoms with van der Waals surface area (Å²) in [6.45, 7) is -0.499. The molecule has 0 radical (unpaired) electrons. The number of hydrogen-bond acceptors (Lipinski definition) is 4. The summed E-state index contributed by atoms with van der Waals surface area (Å²) < 4.78 is 35.7. The van der Waals surface area contributed by atoms with Gasteiger partial charge in [-0.2, -0.15) is 26.7 Å². The molecule has 2 unspecified atom stereocenters. The van der Waals surface area contributed by atoms with Gasteiger partial charge in [0.25, 0.3) is 0 Å². The van der Waals surface area contributed by atoms with E-state index in [1.54, 1.807) is 11.6 Å². The largest absolute Gasteiger partial charge is 1.00 e. The Hall–Kier alpha value is -0.0700. The van der Waals surface area contributed by atoms with Crippen molar-refractivity contribution in [2.75, 3.05) is 24.3 Å². The SMILES string of the molecule is C[S+](CC[C@H](N)C(=O)O)CC(O)CNC(=O)C(F)(F)F.Cl.S.[Cl-]. The zero-order valence-corrected chi connectivity index (χ0v) is 15.5. The summed E-state index contributed by atoms with van der Waals surface area (Å²) in [6.07, 6.45) is -4.13. The number of carboxylic acid groups (broad SMARTS) is 1. The van der Waals surface area contributed by atoms with Crippen LogP contribution < -0.4 is 23.5 Å². The van der Waals surface area contributed by atoms with Crippen LogP contribution in [0.15, 0.2) is 0 Å². The maximum atomic E-state index is 11.9. The molecule has 0 aromatic carbocycles. The lowest BCUT2D eigenvalue weighted by Gasteiger charge is -2.13. The number of halogens is 5. The normalized spacial score (nSPS) is 14.2. The van der Waals surface area contributed by atoms with Crippen molar-refractivity contribution in [2.45, 2.75) is 24.7 Å². The van der Waals surface area contributed by atoms with Crippen LogP contribution in [0, 0.1) is 0 Å². The highest BCUT2D eigenvalue weighted by Gasteiger charge is 2.38. The molecule has 0 saturated carbocycles. The molecular formula is C10H21Cl2F3N2O4S2. The number of alkyl halides is 3. The number of aliphatic hydroxyl groups is 1. The first kappa shape index (κ1) is 30.8. The molecule has 3 atom stereocenters. The van der Waals surface area contributed by atoms with Crippen molar-refractivity contribution in [3.05, 3.63) is 0 Å². The van der Waals surface area contributed by atoms with Gasteiger partial charge in [0, 0.05) is 13.0 Å². The van der Waals surface area contributed by atoms with Crippen molar-refractivity contribution in [1.29, 1.82) is 0 Å². The molecule has 0 aliphatic carbocycles. The first-order valence-corrected chi connectivity index (χ1v) is 7.61. The first-order chi connectivity index (χ1) is 9.04. The van der Waals surface area contributed by atoms with Gasteiger partial charge in [-0.3, -0.25) is 9.59 Å². The summed E-state index contributed by atoms with van der Waals surface area (Å²) >= 11 is 0. The summed E-state index contributed by atoms with van der Waals surface area (Å²) in [6, 6.07) is -0.993. The fourth-order valence-corrected chi connectivity index (χ4v) is 2.83. The van der Waals surface area contributed by atoms with Gasteiger partial charge in [-0.05, 0) is 10.9 Å². The van der Waals surface area contributed by atoms with Crippen LogP contribution in [0.2, 0.25) is 0 Å². The van der Waals surface area contributed by atoms with Crippen LogP contribution in [0.5, 0.6) is 0 Å². The summed E-state index contributed by atoms with van der Waals surface area (Å²) in [5.74, 6) is -2.61. The summed E-state index contributed by atoms with van der Waals surface area (Å²) in [7, 11) is -0.399. The quantitative estimate of drug-likeness (QED) is 0.303. The lowest BCUT2D eigenvalue weighted by Crippen LogP contribution is -3.00. The fourth-order valence-electron chi connectivity index (χ4n) is 1.23. The van der Waals surface area contributed by atoms with Gasteiger partial charge in [-0.1, -0.05) is 0 Å². The van der Waals surface area contributed by atoms with E-state index in [1.165, 1.54) is 0 Å². The highest BCUT2D eigenvalue weighted by Crippen LogP contribution is 2.13. The van der Waals surface area contributed by atoms with E-state index in [0.717, 1.165) is 0 Å². The van der Waals surface area contributed by atoms with Gasteiger partial charge in [0.15, 0.2) is 0 Å². The highest BCUT2D eigenvalue weighted by atomic mass is 35.5. The standard InChI is InChI=1S/C10H17F3N2O4S.2ClH.H2S/c1-20(3-2-7(14)8(17)18)5-6(16)4-15-9(19)10(11,12)13;;;/h6-7,16H,2-5,14H2,1H3,(H-,15,17,18,19);2*1H;1H2/t6?,7-,20?;;;/m0.../s1. The van der Waals surface area contributed by atoms with Gasteiger partial charge in [-0.25, -0.2) is 0 Å². The lowest BCUT2D eigenvalue weighted by atomic mass is 10.2. The molecule has 5 N–H and O–H groups in total. The average Bonchev–Trinajstić information content (AvgIpc) is 2.31. The van der Waals surface area contributed by atoms with Crippen molar-refractivity contribution in [3.8, 4) is 0 Å². The fraction of sp³-hybridized carbons (Fsp3) is 0.800. The molecular weight excluding hydrogens is 404 g/mol. The number of carboxylic acids is 1. The molecule has 0 spiro atoms. The maximum Gasteiger partial charge on any atom is 0.471 e. The minimum atomic E-state index is -4.97. The van der Waals surface area contributed by atoms with Crippen LogP contribution in [0.25, 0.3) is 0 Å². The molecule has 1 amide bonds. The Morgan fingerprint density at radius 1 is 1.35 bits per heavy atom. The second-order valence-electron chi connectivity index (χ2n) is 4.25. The van der Waals surface area contributed by atoms with E-state index in [2.05, 4.69) is 0 Å². The Kier molecular flexibility index (Phi) is 19.1. The molecule has 0 aliphatic heterocycles. The van der Waals surface area contributed by atoms with Crippen LogP contribution in [0.1, 0.15) is 6.42 Å². The van der Waals surface area contributed by atoms with Gasteiger partial charge in [0.05, 0.1) is 6.26 Å². The molecule has 6 nitrogen and oxygen atoms in total. The molecule has 23 heavy (non-hydrogen) atoms. The molecule has 0 heterocycles. The Bertz CT molecular complexity index is 355. The van der Waals surface area contributed by atoms with Crippen LogP contribution in [0.4, 0.5) is 13.2 Å². The Labute approximate surface area is 154 Å². The second-order valence-corrected chi connectivity index (χ2v) is 6.55. The van der Waals surface area contributed by atoms with Crippen molar-refractivity contribution in [1.82, 2.24) is 5.32 Å². The number of carbonyl (C=O) groups excluding carboxylic acids is 1. The minimum absolute atomic E-state index is 0. The smallest absolute Gasteiger partial charge is 0.471 e. The van der Waals surface area contributed by atoms with Crippen molar-refractivity contribution in [3.63, 3.8) is 0 Å². The maximum absolute atomic E-state index is 11.9. The van der Waals surface area contributed by atoms with Crippen molar-refractivity contribution < 1.29 is 45.4 Å². The molecule has 0 aromatic rings. The molecule has 0 saturated heterocycles. The van der Waals surface area contributed by atoms with E-state index in [4.69, 9.17) is 10.8 Å². The number of nitrogens with two attached hydrogens (primary N) is 1. The predicted octanol–water partition coefficient (Wildman–Crippen LogP) is -3.39. The predicted molar refractivity (Wildman–Crippen MR) is 86.0 cm³/mol. The molecule has 142 valence electrons. The van der Waals surface area contributed by atoms with Gasteiger partial charge < -0.3 is 33.7 Å². The Balaban J connectivity index is -0.000000602. The van der Waals surface area contributed by atoms with E-state index in [-0.39, 0.29) is 50.5 Å². The van der Waals surface area contributed by atoms with Crippen molar-refractivity contribution >= 4 is 48.7 Å². The van der Waals surface area contributed by atoms with Gasteiger partial charge >= 0.3 is 18.1 Å². The lowest BCUT2D eigenvalue weighted by molar-refractivity contribution is -0.173. The Morgan fingerprint density at radius 2 is 1.83 bits per heavy atom. The first-order valence-electron chi connectivity index (χ1n) is 5.64. The van der Waals surface area contributed by atoms with E-state index in [1.807, 2.05) is 0 Å². The molecule has 0 aliphatic rings. The zero-order chi connectivity index (χ0) is 15.9. The minimum Gasteiger partial charge on any atom is -1.00 e. The number of amides is 1. The summed E-state index contributed by atoms with van der Waals surface area (Å²) in [4.78, 5) is 21.0. The van der Waals surface area contributed by atoms with E-state index in [0.29, 0.717) is 5.75 Å². The Morgan fingerprint density at radius 3 is 2.22 bits per heavy atom. The molecule has 0 aromatic heterocycles. The third-order valence-electron chi connectivity index (χ3n) is 2.33. The van der Waals surface area contributed by atoms with Gasteiger partial charge in [0.2, 0.25) is 0 Å². The van der Waals surface area contributed by atoms with E-state index in [9.17, 15) is 27.9 Å². The zero-order valence-electron chi connectivity index (χ0n) is 12.1. The van der Waals surface area contributed by atoms with Gasteiger partial charge in [-0.15, -0.1) is 12.4 Å². The number of aliphatic hydroxyl groups excluding tert-OH is 1.